The normalized spacial score (nSPS) is 21.1. The standard InChI is InChI=1S/C80H109N19O21S3/c1-5-6-27-98-44(2)67(109)93-59(38-100)73(115)88-53(23-24-63(102)103)69(111)90-56(31-46-15-8-7-9-16-46)71(113)94-60(41-122-39-47-17-12-18-48(30-47)40-123-42-61(76(118)99-28-14-22-62(99)77(98)119)95-70(112)54(25-29-121-4)87-45(3)101)74(116)92-58(34-65(106)107)72(114)91-57(32-51-37-84-43-86-51)75(117)97-80(35-49-19-10-11-20-50(49)36-80)78(120)96-52(21-13-26-85-79(82)83)68(110)89-55(66(81)108)33-64(104)105/h5,7-12,15-20,30,37,43-44,52-62,76,100,118H,1,6,13-14,21-29,31-36,38-42H2,2-4H3,(H2,81,108)(H,84,86)(H,87,101)(H,88,115)(H,89,110)(H,90,111)(H,91,114)(H,92,116)(H,93,109)(H,94,113)(H,95,112)(H,96,120)(H,97,117)(H,102,103)(H,104,105)(H,106,107)(H4,82,83,85)/t44-,52-,53-,54-,55-,56-,57-,58-,59-,60-,61-,62-,76?/m0/s1. The van der Waals surface area contributed by atoms with Crippen molar-refractivity contribution in [1.29, 1.82) is 5.41 Å². The second-order valence-corrected chi connectivity index (χ2v) is 32.9. The van der Waals surface area contributed by atoms with Gasteiger partial charge in [-0.2, -0.15) is 35.3 Å². The third-order valence-corrected chi connectivity index (χ3v) is 23.4. The molecule has 2 aliphatic heterocycles. The third-order valence-electron chi connectivity index (χ3n) is 20.5. The van der Waals surface area contributed by atoms with Gasteiger partial charge in [-0.05, 0) is 91.7 Å². The highest BCUT2D eigenvalue weighted by Crippen LogP contribution is 2.32. The summed E-state index contributed by atoms with van der Waals surface area (Å²) in [4.78, 5) is 234. The van der Waals surface area contributed by atoms with Crippen LogP contribution in [0.2, 0.25) is 0 Å². The van der Waals surface area contributed by atoms with Gasteiger partial charge in [0.25, 0.3) is 0 Å². The highest BCUT2D eigenvalue weighted by atomic mass is 32.2. The predicted molar refractivity (Wildman–Crippen MR) is 452 cm³/mol. The van der Waals surface area contributed by atoms with Crippen molar-refractivity contribution in [2.75, 3.05) is 49.8 Å². The number of carbonyl (C=O) groups is 16. The summed E-state index contributed by atoms with van der Waals surface area (Å²) in [5, 5.41) is 91.7. The minimum Gasteiger partial charge on any atom is -0.481 e. The fourth-order valence-corrected chi connectivity index (χ4v) is 16.7. The zero-order valence-corrected chi connectivity index (χ0v) is 70.7. The second-order valence-electron chi connectivity index (χ2n) is 29.9. The first-order chi connectivity index (χ1) is 58.6. The molecule has 43 heteroatoms. The summed E-state index contributed by atoms with van der Waals surface area (Å²) in [5.74, 6) is -17.7. The molecule has 3 aromatic carbocycles. The molecule has 1 unspecified atom stereocenters. The zero-order valence-electron chi connectivity index (χ0n) is 68.2. The number of hydrogen-bond donors (Lipinski definition) is 21. The van der Waals surface area contributed by atoms with E-state index in [4.69, 9.17) is 16.9 Å². The van der Waals surface area contributed by atoms with E-state index in [2.05, 4.69) is 80.3 Å². The fraction of sp³-hybridized carbons (Fsp3) is 0.500. The number of aliphatic hydroxyl groups excluding tert-OH is 2. The van der Waals surface area contributed by atoms with Crippen LogP contribution in [0.4, 0.5) is 0 Å². The molecule has 0 saturated carbocycles. The van der Waals surface area contributed by atoms with E-state index in [1.54, 1.807) is 72.8 Å². The second kappa shape index (κ2) is 48.8. The van der Waals surface area contributed by atoms with Crippen LogP contribution in [0.25, 0.3) is 0 Å². The summed E-state index contributed by atoms with van der Waals surface area (Å²) < 4.78 is 0. The Balaban J connectivity index is 1.26. The Morgan fingerprint density at radius 2 is 1.33 bits per heavy atom. The number of carboxylic acid groups (broad SMARTS) is 3. The lowest BCUT2D eigenvalue weighted by atomic mass is 9.92. The number of carbonyl (C=O) groups excluding carboxylic acids is 13. The number of guanidine groups is 1. The van der Waals surface area contributed by atoms with Crippen LogP contribution in [0.3, 0.4) is 0 Å². The molecule has 123 heavy (non-hydrogen) atoms. The van der Waals surface area contributed by atoms with E-state index < -0.39 is 229 Å². The van der Waals surface area contributed by atoms with Gasteiger partial charge in [0, 0.05) is 87.9 Å². The number of fused-ring (bicyclic) bond motifs is 4. The summed E-state index contributed by atoms with van der Waals surface area (Å²) in [6.45, 7) is 5.31. The number of benzene rings is 3. The highest BCUT2D eigenvalue weighted by Gasteiger charge is 2.49. The van der Waals surface area contributed by atoms with Gasteiger partial charge < -0.3 is 111 Å². The number of nitrogens with two attached hydrogens (primary N) is 2. The molecule has 1 aromatic heterocycles. The number of carboxylic acids is 3. The Morgan fingerprint density at radius 3 is 1.93 bits per heavy atom. The van der Waals surface area contributed by atoms with Crippen LogP contribution in [0.1, 0.15) is 112 Å². The molecule has 3 heterocycles. The summed E-state index contributed by atoms with van der Waals surface area (Å²) >= 11 is 3.80. The van der Waals surface area contributed by atoms with Crippen LogP contribution in [0, 0.1) is 5.41 Å². The molecule has 0 spiro atoms. The molecular formula is C80H109N19O21S3. The van der Waals surface area contributed by atoms with E-state index in [9.17, 15) is 73.5 Å². The maximum Gasteiger partial charge on any atom is 0.305 e. The molecule has 3 aliphatic rings. The minimum atomic E-state index is -2.11. The molecule has 668 valence electrons. The van der Waals surface area contributed by atoms with Crippen LogP contribution in [-0.4, -0.2) is 280 Å². The Morgan fingerprint density at radius 1 is 0.715 bits per heavy atom. The van der Waals surface area contributed by atoms with Gasteiger partial charge in [-0.3, -0.25) is 87.0 Å². The predicted octanol–water partition coefficient (Wildman–Crippen LogP) is -3.22. The SMILES string of the molecule is C=CCCN1C(=O)[C@@H]2CCCN2C(O)[C@@H](NC(=O)[C@H](CCSC)NC(C)=O)CSCc2cccc(c2)CSC[C@@H](C(=O)N[C@@H](CC(=O)O)C(=O)N[C@@H](Cc2c[nH]cn2)C(=O)NC2(C(=O)N[C@@H](CCCNC(=N)N)C(=O)N[C@@H](CC(=O)O)C(N)=O)Cc3ccccc3C2)NC(=O)[C@H](Cc2ccccc2)NC(=O)[C@H](CCC(=O)O)NC(=O)[C@H](CO)NC(=O)[C@@H]1C. The Hall–Kier alpha value is -11.7. The quantitative estimate of drug-likeness (QED) is 0.00922. The molecule has 1 saturated heterocycles. The number of aromatic nitrogens is 2. The van der Waals surface area contributed by atoms with Gasteiger partial charge in [0.1, 0.15) is 72.2 Å². The first-order valence-electron chi connectivity index (χ1n) is 39.8. The Labute approximate surface area is 721 Å². The maximum atomic E-state index is 15.3. The number of amides is 13. The number of primary amides is 1. The molecule has 13 atom stereocenters. The van der Waals surface area contributed by atoms with Gasteiger partial charge in [0.05, 0.1) is 43.6 Å². The molecule has 13 amide bonds. The molecule has 1 aliphatic carbocycles. The van der Waals surface area contributed by atoms with Crippen molar-refractivity contribution >= 4 is 136 Å². The highest BCUT2D eigenvalue weighted by molar-refractivity contribution is 7.99. The van der Waals surface area contributed by atoms with Crippen LogP contribution in [0.15, 0.2) is 104 Å². The van der Waals surface area contributed by atoms with Crippen LogP contribution >= 0.6 is 35.3 Å². The van der Waals surface area contributed by atoms with E-state index in [1.807, 2.05) is 12.3 Å². The number of H-pyrrole nitrogens is 1. The Bertz CT molecular complexity index is 4390. The Kier molecular flexibility index (Phi) is 39.1. The summed E-state index contributed by atoms with van der Waals surface area (Å²) in [5.41, 5.74) is 11.9. The van der Waals surface area contributed by atoms with Gasteiger partial charge in [-0.25, -0.2) is 4.98 Å². The summed E-state index contributed by atoms with van der Waals surface area (Å²) in [6, 6.07) is 2.73. The minimum absolute atomic E-state index is 0.00906. The van der Waals surface area contributed by atoms with Gasteiger partial charge in [-0.1, -0.05) is 84.9 Å². The number of aliphatic carboxylic acids is 3. The lowest BCUT2D eigenvalue weighted by molar-refractivity contribution is -0.148. The van der Waals surface area contributed by atoms with Gasteiger partial charge >= 0.3 is 17.9 Å². The van der Waals surface area contributed by atoms with Gasteiger partial charge in [-0.15, -0.1) is 6.58 Å². The number of rotatable bonds is 36. The molecular weight excluding hydrogens is 1660 g/mol. The number of imidazole rings is 1. The van der Waals surface area contributed by atoms with Gasteiger partial charge in [0.15, 0.2) is 5.96 Å². The van der Waals surface area contributed by atoms with Crippen LogP contribution in [0.5, 0.6) is 0 Å². The average molecular weight is 1770 g/mol. The number of aromatic amines is 1. The van der Waals surface area contributed by atoms with Crippen molar-refractivity contribution < 1.29 is 102 Å². The average Bonchev–Trinajstić information content (AvgIpc) is 1.58. The lowest BCUT2D eigenvalue weighted by Gasteiger charge is -2.38. The van der Waals surface area contributed by atoms with E-state index >= 15 is 28.8 Å². The first kappa shape index (κ1) is 98.4. The molecule has 0 radical (unpaired) electrons. The number of nitrogens with zero attached hydrogens (tertiary/aromatic N) is 3. The van der Waals surface area contributed by atoms with E-state index in [1.165, 1.54) is 65.8 Å². The van der Waals surface area contributed by atoms with Crippen molar-refractivity contribution in [1.82, 2.24) is 83.6 Å². The molecule has 23 N–H and O–H groups in total. The molecule has 4 aromatic rings. The number of aliphatic hydroxyl groups is 2. The molecule has 40 nitrogen and oxygen atoms in total. The number of thioether (sulfide) groups is 3. The molecule has 7 rings (SSSR count). The summed E-state index contributed by atoms with van der Waals surface area (Å²) in [7, 11) is 0. The zero-order chi connectivity index (χ0) is 90.0. The van der Waals surface area contributed by atoms with E-state index in [-0.39, 0.29) is 94.0 Å². The van der Waals surface area contributed by atoms with E-state index in [0.717, 1.165) is 17.3 Å². The van der Waals surface area contributed by atoms with Crippen LogP contribution in [-0.2, 0) is 114 Å². The topological polar surface area (TPSA) is 630 Å². The third kappa shape index (κ3) is 30.7. The monoisotopic (exact) mass is 1770 g/mol. The van der Waals surface area contributed by atoms with E-state index in [0.29, 0.717) is 34.4 Å². The van der Waals surface area contributed by atoms with Crippen molar-refractivity contribution in [3.8, 4) is 0 Å². The van der Waals surface area contributed by atoms with Crippen molar-refractivity contribution in [2.24, 2.45) is 11.5 Å². The lowest BCUT2D eigenvalue weighted by Crippen LogP contribution is -2.66. The fourth-order valence-electron chi connectivity index (χ4n) is 14.1. The number of hydrogen-bond acceptors (Lipinski definition) is 24. The number of nitrogens with one attached hydrogen (secondary N) is 14. The van der Waals surface area contributed by atoms with Gasteiger partial charge in [0.2, 0.25) is 76.8 Å². The first-order valence-corrected chi connectivity index (χ1v) is 43.5. The largest absolute Gasteiger partial charge is 0.481 e. The molecule has 2 bridgehead atoms. The smallest absolute Gasteiger partial charge is 0.305 e. The van der Waals surface area contributed by atoms with Crippen molar-refractivity contribution in [2.45, 2.75) is 200 Å². The van der Waals surface area contributed by atoms with Crippen LogP contribution < -0.4 is 75.3 Å². The summed E-state index contributed by atoms with van der Waals surface area (Å²) in [6.07, 6.45) is 0.222. The maximum absolute atomic E-state index is 15.3. The van der Waals surface area contributed by atoms with Crippen molar-refractivity contribution in [3.05, 3.63) is 138 Å². The molecule has 1 fully saturated rings. The van der Waals surface area contributed by atoms with Crippen molar-refractivity contribution in [3.63, 3.8) is 0 Å².